The van der Waals surface area contributed by atoms with Gasteiger partial charge in [-0.1, -0.05) is 52.8 Å². The number of anilines is 2. The third kappa shape index (κ3) is 7.62. The molecule has 0 bridgehead atoms. The van der Waals surface area contributed by atoms with Crippen molar-refractivity contribution in [1.82, 2.24) is 19.8 Å². The Kier molecular flexibility index (Phi) is 10.3. The van der Waals surface area contributed by atoms with Gasteiger partial charge in [-0.3, -0.25) is 9.59 Å². The number of ether oxygens (including phenoxy) is 1. The lowest BCUT2D eigenvalue weighted by Gasteiger charge is -2.42. The minimum Gasteiger partial charge on any atom is -0.465 e. The first kappa shape index (κ1) is 32.2. The molecule has 2 atom stereocenters. The lowest BCUT2D eigenvalue weighted by atomic mass is 9.91. The number of amides is 3. The predicted octanol–water partition coefficient (Wildman–Crippen LogP) is 4.28. The minimum absolute atomic E-state index is 0.0999. The Balaban J connectivity index is 1.65. The Labute approximate surface area is 254 Å². The molecule has 0 spiro atoms. The average molecular weight is 595 g/mol. The van der Waals surface area contributed by atoms with E-state index in [1.807, 2.05) is 58.9 Å². The molecule has 2 N–H and O–H groups in total. The van der Waals surface area contributed by atoms with Gasteiger partial charge < -0.3 is 29.9 Å². The van der Waals surface area contributed by atoms with Crippen molar-refractivity contribution in [2.75, 3.05) is 56.7 Å². The molecule has 2 aliphatic heterocycles. The molecule has 1 aromatic carbocycles. The summed E-state index contributed by atoms with van der Waals surface area (Å²) in [4.78, 5) is 54.6. The smallest absolute Gasteiger partial charge is 0.407 e. The fourth-order valence-electron chi connectivity index (χ4n) is 5.82. The van der Waals surface area contributed by atoms with Gasteiger partial charge in [-0.25, -0.2) is 14.8 Å². The number of nitrogens with zero attached hydrogens (tertiary/aromatic N) is 5. The first-order chi connectivity index (χ1) is 20.4. The fourth-order valence-corrected chi connectivity index (χ4v) is 5.82. The number of benzene rings is 1. The second-order valence-corrected chi connectivity index (χ2v) is 13.0. The maximum Gasteiger partial charge on any atom is 0.407 e. The number of hydrogen-bond donors (Lipinski definition) is 2. The van der Waals surface area contributed by atoms with E-state index in [0.717, 1.165) is 24.1 Å². The Morgan fingerprint density at radius 3 is 2.60 bits per heavy atom. The largest absolute Gasteiger partial charge is 0.465 e. The number of piperidine rings is 1. The summed E-state index contributed by atoms with van der Waals surface area (Å²) in [5.41, 5.74) is 2.00. The standard InChI is InChI=1S/C32H46N6O5/c1-21(2)18-38(29(40)25-17-34-30(32(3,4)5)35-27(25)33-13-9-15-43-6)24-16-23(19-36(20-24)31(41)42)28(39)37-14-12-22-10-7-8-11-26(22)37/h7-8,10-11,17,21,23-24H,9,12-16,18-20H2,1-6H3,(H,41,42)(H,33,34,35)/t23-,24+/m1/s1. The SMILES string of the molecule is COCCCNc1nc(C(C)(C)C)ncc1C(=O)N(CC(C)C)[C@H]1C[C@@H](C(=O)N2CCc3ccccc32)CN(C(=O)O)C1. The quantitative estimate of drug-likeness (QED) is 0.390. The summed E-state index contributed by atoms with van der Waals surface area (Å²) in [7, 11) is 1.65. The maximum absolute atomic E-state index is 14.3. The number of hydrogen-bond acceptors (Lipinski definition) is 7. The number of carbonyl (C=O) groups is 3. The van der Waals surface area contributed by atoms with E-state index < -0.39 is 18.1 Å². The van der Waals surface area contributed by atoms with Crippen molar-refractivity contribution in [3.05, 3.63) is 47.4 Å². The van der Waals surface area contributed by atoms with E-state index >= 15 is 0 Å². The van der Waals surface area contributed by atoms with Crippen LogP contribution >= 0.6 is 0 Å². The van der Waals surface area contributed by atoms with E-state index in [4.69, 9.17) is 9.72 Å². The van der Waals surface area contributed by atoms with Crippen molar-refractivity contribution in [1.29, 1.82) is 0 Å². The summed E-state index contributed by atoms with van der Waals surface area (Å²) < 4.78 is 5.18. The van der Waals surface area contributed by atoms with Crippen LogP contribution in [0.1, 0.15) is 69.2 Å². The van der Waals surface area contributed by atoms with Gasteiger partial charge in [-0.05, 0) is 36.8 Å². The number of rotatable bonds is 10. The Bertz CT molecular complexity index is 1310. The molecule has 11 nitrogen and oxygen atoms in total. The van der Waals surface area contributed by atoms with Crippen LogP contribution in [0.15, 0.2) is 30.5 Å². The maximum atomic E-state index is 14.3. The summed E-state index contributed by atoms with van der Waals surface area (Å²) >= 11 is 0. The number of para-hydroxylation sites is 1. The average Bonchev–Trinajstić information content (AvgIpc) is 3.40. The number of likely N-dealkylation sites (tertiary alicyclic amines) is 1. The second kappa shape index (κ2) is 13.7. The van der Waals surface area contributed by atoms with Gasteiger partial charge in [0, 0.05) is 63.7 Å². The van der Waals surface area contributed by atoms with E-state index in [-0.39, 0.29) is 36.2 Å². The van der Waals surface area contributed by atoms with Gasteiger partial charge in [-0.15, -0.1) is 0 Å². The molecule has 234 valence electrons. The van der Waals surface area contributed by atoms with Gasteiger partial charge >= 0.3 is 6.09 Å². The molecule has 0 saturated carbocycles. The zero-order valence-corrected chi connectivity index (χ0v) is 26.3. The molecule has 0 aliphatic carbocycles. The van der Waals surface area contributed by atoms with Crippen molar-refractivity contribution in [3.63, 3.8) is 0 Å². The highest BCUT2D eigenvalue weighted by atomic mass is 16.5. The first-order valence-electron chi connectivity index (χ1n) is 15.2. The van der Waals surface area contributed by atoms with Crippen LogP contribution in [0.5, 0.6) is 0 Å². The van der Waals surface area contributed by atoms with Gasteiger partial charge in [0.2, 0.25) is 5.91 Å². The number of nitrogens with one attached hydrogen (secondary N) is 1. The topological polar surface area (TPSA) is 128 Å². The molecule has 1 aromatic heterocycles. The van der Waals surface area contributed by atoms with Crippen LogP contribution in [0.4, 0.5) is 16.3 Å². The van der Waals surface area contributed by atoms with Crippen molar-refractivity contribution >= 4 is 29.4 Å². The zero-order valence-electron chi connectivity index (χ0n) is 26.3. The molecule has 4 rings (SSSR count). The highest BCUT2D eigenvalue weighted by Gasteiger charge is 2.41. The summed E-state index contributed by atoms with van der Waals surface area (Å²) in [6.07, 6.45) is 2.35. The number of carbonyl (C=O) groups excluding carboxylic acids is 2. The molecule has 3 heterocycles. The third-order valence-corrected chi connectivity index (χ3v) is 7.97. The zero-order chi connectivity index (χ0) is 31.3. The molecule has 3 amide bonds. The number of fused-ring (bicyclic) bond motifs is 1. The molecule has 43 heavy (non-hydrogen) atoms. The van der Waals surface area contributed by atoms with E-state index in [1.165, 1.54) is 4.90 Å². The van der Waals surface area contributed by atoms with Crippen molar-refractivity contribution in [3.8, 4) is 0 Å². The monoisotopic (exact) mass is 594 g/mol. The second-order valence-electron chi connectivity index (χ2n) is 13.0. The van der Waals surface area contributed by atoms with E-state index in [9.17, 15) is 19.5 Å². The summed E-state index contributed by atoms with van der Waals surface area (Å²) in [5, 5.41) is 13.4. The van der Waals surface area contributed by atoms with Crippen molar-refractivity contribution in [2.24, 2.45) is 11.8 Å². The Hall–Kier alpha value is -3.73. The minimum atomic E-state index is -1.10. The first-order valence-corrected chi connectivity index (χ1v) is 15.2. The molecule has 2 aliphatic rings. The molecule has 0 unspecified atom stereocenters. The Morgan fingerprint density at radius 2 is 1.93 bits per heavy atom. The van der Waals surface area contributed by atoms with Crippen LogP contribution in [-0.4, -0.2) is 95.3 Å². The van der Waals surface area contributed by atoms with Crippen LogP contribution in [0.25, 0.3) is 0 Å². The summed E-state index contributed by atoms with van der Waals surface area (Å²) in [5.74, 6) is 0.211. The number of methoxy groups -OCH3 is 1. The lowest BCUT2D eigenvalue weighted by Crippen LogP contribution is -2.57. The van der Waals surface area contributed by atoms with E-state index in [1.54, 1.807) is 23.1 Å². The molecule has 0 radical (unpaired) electrons. The summed E-state index contributed by atoms with van der Waals surface area (Å²) in [6, 6.07) is 7.34. The molecule has 2 aromatic rings. The molecular formula is C32H46N6O5. The third-order valence-electron chi connectivity index (χ3n) is 7.97. The highest BCUT2D eigenvalue weighted by Crippen LogP contribution is 2.32. The molecular weight excluding hydrogens is 548 g/mol. The number of aromatic nitrogens is 2. The highest BCUT2D eigenvalue weighted by molar-refractivity contribution is 5.99. The predicted molar refractivity (Wildman–Crippen MR) is 166 cm³/mol. The van der Waals surface area contributed by atoms with Gasteiger partial charge in [0.25, 0.3) is 5.91 Å². The lowest BCUT2D eigenvalue weighted by molar-refractivity contribution is -0.124. The molecule has 11 heteroatoms. The number of carboxylic acid groups (broad SMARTS) is 1. The van der Waals surface area contributed by atoms with Crippen molar-refractivity contribution in [2.45, 2.75) is 65.3 Å². The van der Waals surface area contributed by atoms with Crippen molar-refractivity contribution < 1.29 is 24.2 Å². The van der Waals surface area contributed by atoms with Crippen LogP contribution in [-0.2, 0) is 21.4 Å². The van der Waals surface area contributed by atoms with Gasteiger partial charge in [-0.2, -0.15) is 0 Å². The summed E-state index contributed by atoms with van der Waals surface area (Å²) in [6.45, 7) is 12.4. The molecule has 1 saturated heterocycles. The normalized spacial score (nSPS) is 18.5. The van der Waals surface area contributed by atoms with E-state index in [0.29, 0.717) is 49.9 Å². The van der Waals surface area contributed by atoms with Crippen LogP contribution in [0.3, 0.4) is 0 Å². The fraction of sp³-hybridized carbons (Fsp3) is 0.594. The van der Waals surface area contributed by atoms with Gasteiger partial charge in [0.15, 0.2) is 0 Å². The van der Waals surface area contributed by atoms with Gasteiger partial charge in [0.05, 0.1) is 12.0 Å². The Morgan fingerprint density at radius 1 is 1.19 bits per heavy atom. The van der Waals surface area contributed by atoms with Crippen LogP contribution < -0.4 is 10.2 Å². The van der Waals surface area contributed by atoms with Crippen LogP contribution in [0, 0.1) is 11.8 Å². The van der Waals surface area contributed by atoms with Gasteiger partial charge in [0.1, 0.15) is 17.2 Å². The van der Waals surface area contributed by atoms with E-state index in [2.05, 4.69) is 10.3 Å². The van der Waals surface area contributed by atoms with Crippen LogP contribution in [0.2, 0.25) is 0 Å². The molecule has 1 fully saturated rings.